The van der Waals surface area contributed by atoms with Gasteiger partial charge in [0.05, 0.1) is 12.3 Å². The fraction of sp³-hybridized carbons (Fsp3) is 0.286. The van der Waals surface area contributed by atoms with Crippen LogP contribution in [0.5, 0.6) is 0 Å². The Morgan fingerprint density at radius 3 is 2.89 bits per heavy atom. The number of benzene rings is 1. The van der Waals surface area contributed by atoms with E-state index in [1.54, 1.807) is 12.3 Å². The number of aryl methyl sites for hydroxylation is 1. The van der Waals surface area contributed by atoms with Crippen molar-refractivity contribution in [2.45, 2.75) is 25.8 Å². The third kappa shape index (κ3) is 3.23. The summed E-state index contributed by atoms with van der Waals surface area (Å²) in [6, 6.07) is 6.44. The predicted molar refractivity (Wildman–Crippen MR) is 76.0 cm³/mol. The SMILES string of the molecule is CCc1occc1C(Cc1cc(F)ccc1Br)NN. The molecule has 0 aliphatic heterocycles. The van der Waals surface area contributed by atoms with Crippen LogP contribution in [0.1, 0.15) is 29.9 Å². The molecule has 3 N–H and O–H groups in total. The fourth-order valence-electron chi connectivity index (χ4n) is 2.13. The van der Waals surface area contributed by atoms with E-state index in [2.05, 4.69) is 21.4 Å². The molecular weight excluding hydrogens is 311 g/mol. The molecule has 0 saturated carbocycles. The molecule has 0 radical (unpaired) electrons. The summed E-state index contributed by atoms with van der Waals surface area (Å²) in [6.07, 6.45) is 3.03. The van der Waals surface area contributed by atoms with Crippen molar-refractivity contribution in [1.82, 2.24) is 5.43 Å². The summed E-state index contributed by atoms with van der Waals surface area (Å²) in [7, 11) is 0. The van der Waals surface area contributed by atoms with Crippen LogP contribution in [0.4, 0.5) is 4.39 Å². The fourth-order valence-corrected chi connectivity index (χ4v) is 2.54. The minimum atomic E-state index is -0.253. The van der Waals surface area contributed by atoms with Crippen LogP contribution in [0.2, 0.25) is 0 Å². The molecule has 0 saturated heterocycles. The van der Waals surface area contributed by atoms with Gasteiger partial charge in [0.2, 0.25) is 0 Å². The van der Waals surface area contributed by atoms with Gasteiger partial charge in [0.1, 0.15) is 11.6 Å². The van der Waals surface area contributed by atoms with Gasteiger partial charge in [-0.15, -0.1) is 0 Å². The first-order chi connectivity index (χ1) is 9.15. The molecule has 0 aliphatic carbocycles. The van der Waals surface area contributed by atoms with Crippen LogP contribution in [0.15, 0.2) is 39.4 Å². The van der Waals surface area contributed by atoms with E-state index in [0.29, 0.717) is 6.42 Å². The van der Waals surface area contributed by atoms with Crippen LogP contribution in [-0.2, 0) is 12.8 Å². The van der Waals surface area contributed by atoms with Crippen molar-refractivity contribution in [3.05, 3.63) is 57.7 Å². The van der Waals surface area contributed by atoms with Gasteiger partial charge in [0, 0.05) is 16.5 Å². The largest absolute Gasteiger partial charge is 0.469 e. The third-order valence-corrected chi connectivity index (χ3v) is 3.88. The smallest absolute Gasteiger partial charge is 0.123 e. The predicted octanol–water partition coefficient (Wildman–Crippen LogP) is 3.49. The standard InChI is InChI=1S/C14H16BrFN2O/c1-2-14-11(5-6-19-14)13(18-17)8-9-7-10(16)3-4-12(9)15/h3-7,13,18H,2,8,17H2,1H3. The molecule has 0 fully saturated rings. The average molecular weight is 327 g/mol. The molecule has 0 aliphatic rings. The molecule has 5 heteroatoms. The van der Waals surface area contributed by atoms with Gasteiger partial charge in [-0.05, 0) is 36.2 Å². The van der Waals surface area contributed by atoms with Crippen molar-refractivity contribution in [1.29, 1.82) is 0 Å². The Kier molecular flexibility index (Phi) is 4.74. The Bertz CT molecular complexity index is 556. The summed E-state index contributed by atoms with van der Waals surface area (Å²) in [5, 5.41) is 0. The second-order valence-electron chi connectivity index (χ2n) is 4.31. The molecule has 2 aromatic rings. The van der Waals surface area contributed by atoms with Crippen molar-refractivity contribution in [2.75, 3.05) is 0 Å². The molecule has 1 aromatic heterocycles. The van der Waals surface area contributed by atoms with Crippen molar-refractivity contribution in [3.63, 3.8) is 0 Å². The number of furan rings is 1. The van der Waals surface area contributed by atoms with Gasteiger partial charge in [0.25, 0.3) is 0 Å². The highest BCUT2D eigenvalue weighted by Gasteiger charge is 2.17. The minimum absolute atomic E-state index is 0.105. The molecule has 1 atom stereocenters. The maximum Gasteiger partial charge on any atom is 0.123 e. The Balaban J connectivity index is 2.26. The number of halogens is 2. The molecule has 19 heavy (non-hydrogen) atoms. The maximum absolute atomic E-state index is 13.3. The minimum Gasteiger partial charge on any atom is -0.469 e. The summed E-state index contributed by atoms with van der Waals surface area (Å²) >= 11 is 3.43. The number of nitrogens with one attached hydrogen (secondary N) is 1. The van der Waals surface area contributed by atoms with Crippen molar-refractivity contribution >= 4 is 15.9 Å². The first-order valence-corrected chi connectivity index (χ1v) is 6.91. The molecule has 1 aromatic carbocycles. The summed E-state index contributed by atoms with van der Waals surface area (Å²) in [4.78, 5) is 0. The topological polar surface area (TPSA) is 51.2 Å². The molecule has 1 heterocycles. The Morgan fingerprint density at radius 2 is 2.21 bits per heavy atom. The van der Waals surface area contributed by atoms with Gasteiger partial charge in [0.15, 0.2) is 0 Å². The lowest BCUT2D eigenvalue weighted by molar-refractivity contribution is 0.486. The lowest BCUT2D eigenvalue weighted by Crippen LogP contribution is -2.30. The Labute approximate surface area is 120 Å². The Hall–Kier alpha value is -1.17. The number of rotatable bonds is 5. The van der Waals surface area contributed by atoms with Crippen LogP contribution in [0, 0.1) is 5.82 Å². The Morgan fingerprint density at radius 1 is 1.42 bits per heavy atom. The van der Waals surface area contributed by atoms with E-state index < -0.39 is 0 Å². The molecule has 3 nitrogen and oxygen atoms in total. The van der Waals surface area contributed by atoms with E-state index in [1.807, 2.05) is 13.0 Å². The molecule has 0 bridgehead atoms. The van der Waals surface area contributed by atoms with Gasteiger partial charge in [-0.3, -0.25) is 11.3 Å². The molecule has 2 rings (SSSR count). The molecule has 0 spiro atoms. The normalized spacial score (nSPS) is 12.6. The second kappa shape index (κ2) is 6.32. The number of hydrazine groups is 1. The van der Waals surface area contributed by atoms with Gasteiger partial charge >= 0.3 is 0 Å². The van der Waals surface area contributed by atoms with E-state index in [-0.39, 0.29) is 11.9 Å². The number of hydrogen-bond donors (Lipinski definition) is 2. The van der Waals surface area contributed by atoms with E-state index in [4.69, 9.17) is 10.3 Å². The van der Waals surface area contributed by atoms with Crippen molar-refractivity contribution < 1.29 is 8.81 Å². The van der Waals surface area contributed by atoms with Gasteiger partial charge in [-0.1, -0.05) is 22.9 Å². The van der Waals surface area contributed by atoms with Crippen LogP contribution < -0.4 is 11.3 Å². The highest BCUT2D eigenvalue weighted by atomic mass is 79.9. The third-order valence-electron chi connectivity index (χ3n) is 3.11. The lowest BCUT2D eigenvalue weighted by atomic mass is 9.99. The quantitative estimate of drug-likeness (QED) is 0.653. The second-order valence-corrected chi connectivity index (χ2v) is 5.17. The zero-order valence-electron chi connectivity index (χ0n) is 10.6. The lowest BCUT2D eigenvalue weighted by Gasteiger charge is -2.17. The highest BCUT2D eigenvalue weighted by Crippen LogP contribution is 2.27. The zero-order valence-corrected chi connectivity index (χ0v) is 12.2. The first-order valence-electron chi connectivity index (χ1n) is 6.12. The summed E-state index contributed by atoms with van der Waals surface area (Å²) in [5.74, 6) is 6.27. The summed E-state index contributed by atoms with van der Waals surface area (Å²) in [5.41, 5.74) is 4.65. The van der Waals surface area contributed by atoms with E-state index in [1.165, 1.54) is 12.1 Å². The van der Waals surface area contributed by atoms with Crippen molar-refractivity contribution in [2.24, 2.45) is 5.84 Å². The molecular formula is C14H16BrFN2O. The van der Waals surface area contributed by atoms with Crippen LogP contribution in [0.25, 0.3) is 0 Å². The van der Waals surface area contributed by atoms with Gasteiger partial charge in [-0.2, -0.15) is 0 Å². The average Bonchev–Trinajstić information content (AvgIpc) is 2.88. The van der Waals surface area contributed by atoms with Gasteiger partial charge < -0.3 is 4.42 Å². The van der Waals surface area contributed by atoms with Crippen LogP contribution >= 0.6 is 15.9 Å². The van der Waals surface area contributed by atoms with Crippen LogP contribution in [0.3, 0.4) is 0 Å². The first kappa shape index (κ1) is 14.2. The van der Waals surface area contributed by atoms with E-state index >= 15 is 0 Å². The monoisotopic (exact) mass is 326 g/mol. The summed E-state index contributed by atoms with van der Waals surface area (Å²) in [6.45, 7) is 2.02. The molecule has 0 amide bonds. The number of nitrogens with two attached hydrogens (primary N) is 1. The van der Waals surface area contributed by atoms with Gasteiger partial charge in [-0.25, -0.2) is 4.39 Å². The zero-order chi connectivity index (χ0) is 13.8. The molecule has 102 valence electrons. The van der Waals surface area contributed by atoms with E-state index in [9.17, 15) is 4.39 Å². The van der Waals surface area contributed by atoms with Crippen LogP contribution in [-0.4, -0.2) is 0 Å². The highest BCUT2D eigenvalue weighted by molar-refractivity contribution is 9.10. The van der Waals surface area contributed by atoms with Crippen molar-refractivity contribution in [3.8, 4) is 0 Å². The maximum atomic E-state index is 13.3. The summed E-state index contributed by atoms with van der Waals surface area (Å²) < 4.78 is 19.6. The van der Waals surface area contributed by atoms with E-state index in [0.717, 1.165) is 27.8 Å². The molecule has 1 unspecified atom stereocenters. The number of hydrogen-bond acceptors (Lipinski definition) is 3.